The summed E-state index contributed by atoms with van der Waals surface area (Å²) in [7, 11) is 0. The number of hydrogen-bond donors (Lipinski definition) is 1. The highest BCUT2D eigenvalue weighted by Crippen LogP contribution is 2.09. The number of rotatable bonds is 4. The minimum absolute atomic E-state index is 0.732. The predicted molar refractivity (Wildman–Crippen MR) is 46.8 cm³/mol. The van der Waals surface area contributed by atoms with Crippen LogP contribution in [0.1, 0.15) is 32.6 Å². The molecule has 0 spiro atoms. The summed E-state index contributed by atoms with van der Waals surface area (Å²) in [6, 6.07) is 0.732. The second kappa shape index (κ2) is 5.56. The van der Waals surface area contributed by atoms with Crippen molar-refractivity contribution in [1.29, 1.82) is 0 Å². The van der Waals surface area contributed by atoms with E-state index in [1.54, 1.807) is 0 Å². The van der Waals surface area contributed by atoms with Crippen molar-refractivity contribution in [2.75, 3.05) is 19.8 Å². The maximum absolute atomic E-state index is 5.30. The van der Waals surface area contributed by atoms with Crippen molar-refractivity contribution in [3.8, 4) is 0 Å². The van der Waals surface area contributed by atoms with E-state index >= 15 is 0 Å². The second-order valence-electron chi connectivity index (χ2n) is 3.13. The molecule has 1 atom stereocenters. The van der Waals surface area contributed by atoms with E-state index in [4.69, 9.17) is 4.74 Å². The standard InChI is InChI=1S/C9H19NO/c1-2-11-8-6-9-5-3-4-7-10-9/h9-10H,2-8H2,1H3/t9-/m0/s1. The van der Waals surface area contributed by atoms with Gasteiger partial charge in [-0.2, -0.15) is 0 Å². The highest BCUT2D eigenvalue weighted by atomic mass is 16.5. The molecule has 0 aliphatic carbocycles. The molecule has 0 aromatic heterocycles. The number of hydrogen-bond acceptors (Lipinski definition) is 2. The molecule has 1 N–H and O–H groups in total. The molecule has 0 unspecified atom stereocenters. The lowest BCUT2D eigenvalue weighted by molar-refractivity contribution is 0.133. The Hall–Kier alpha value is -0.0800. The van der Waals surface area contributed by atoms with E-state index in [0.717, 1.165) is 19.3 Å². The van der Waals surface area contributed by atoms with Crippen molar-refractivity contribution < 1.29 is 4.74 Å². The topological polar surface area (TPSA) is 21.3 Å². The van der Waals surface area contributed by atoms with Crippen LogP contribution in [0.4, 0.5) is 0 Å². The highest BCUT2D eigenvalue weighted by molar-refractivity contribution is 4.71. The molecule has 1 heterocycles. The van der Waals surface area contributed by atoms with Gasteiger partial charge in [0, 0.05) is 19.3 Å². The molecule has 0 aromatic rings. The van der Waals surface area contributed by atoms with Gasteiger partial charge >= 0.3 is 0 Å². The van der Waals surface area contributed by atoms with Crippen molar-refractivity contribution in [1.82, 2.24) is 5.32 Å². The summed E-state index contributed by atoms with van der Waals surface area (Å²) >= 11 is 0. The number of nitrogens with one attached hydrogen (secondary N) is 1. The Labute approximate surface area is 69.3 Å². The van der Waals surface area contributed by atoms with Gasteiger partial charge in [0.2, 0.25) is 0 Å². The van der Waals surface area contributed by atoms with Crippen molar-refractivity contribution in [2.45, 2.75) is 38.6 Å². The van der Waals surface area contributed by atoms with Crippen LogP contribution in [0.15, 0.2) is 0 Å². The van der Waals surface area contributed by atoms with Crippen LogP contribution in [0.3, 0.4) is 0 Å². The molecule has 66 valence electrons. The smallest absolute Gasteiger partial charge is 0.0480 e. The van der Waals surface area contributed by atoms with Crippen LogP contribution in [0.25, 0.3) is 0 Å². The van der Waals surface area contributed by atoms with Gasteiger partial charge in [0.1, 0.15) is 0 Å². The zero-order chi connectivity index (χ0) is 7.94. The van der Waals surface area contributed by atoms with Crippen LogP contribution in [-0.4, -0.2) is 25.8 Å². The molecule has 2 nitrogen and oxygen atoms in total. The first-order chi connectivity index (χ1) is 5.43. The van der Waals surface area contributed by atoms with Crippen molar-refractivity contribution in [3.05, 3.63) is 0 Å². The molecule has 1 aliphatic rings. The summed E-state index contributed by atoms with van der Waals surface area (Å²) < 4.78 is 5.30. The molecule has 0 saturated carbocycles. The average Bonchev–Trinajstić information content (AvgIpc) is 2.07. The van der Waals surface area contributed by atoms with E-state index in [2.05, 4.69) is 5.32 Å². The van der Waals surface area contributed by atoms with E-state index in [1.807, 2.05) is 6.92 Å². The van der Waals surface area contributed by atoms with Gasteiger partial charge in [0.15, 0.2) is 0 Å². The number of ether oxygens (including phenoxy) is 1. The second-order valence-corrected chi connectivity index (χ2v) is 3.13. The molecule has 2 heteroatoms. The van der Waals surface area contributed by atoms with Crippen LogP contribution in [0, 0.1) is 0 Å². The fraction of sp³-hybridized carbons (Fsp3) is 1.00. The number of piperidine rings is 1. The SMILES string of the molecule is CCOCC[C@@H]1CCCCN1. The van der Waals surface area contributed by atoms with Gasteiger partial charge in [0.25, 0.3) is 0 Å². The molecule has 0 amide bonds. The van der Waals surface area contributed by atoms with Crippen LogP contribution in [-0.2, 0) is 4.74 Å². The van der Waals surface area contributed by atoms with Gasteiger partial charge in [-0.3, -0.25) is 0 Å². The van der Waals surface area contributed by atoms with Crippen LogP contribution in [0.2, 0.25) is 0 Å². The van der Waals surface area contributed by atoms with Gasteiger partial charge in [-0.1, -0.05) is 6.42 Å². The third kappa shape index (κ3) is 3.73. The van der Waals surface area contributed by atoms with E-state index in [9.17, 15) is 0 Å². The molecule has 1 fully saturated rings. The Morgan fingerprint density at radius 1 is 1.45 bits per heavy atom. The van der Waals surface area contributed by atoms with Gasteiger partial charge in [-0.15, -0.1) is 0 Å². The summed E-state index contributed by atoms with van der Waals surface area (Å²) in [4.78, 5) is 0. The fourth-order valence-corrected chi connectivity index (χ4v) is 1.54. The summed E-state index contributed by atoms with van der Waals surface area (Å²) in [5, 5.41) is 3.50. The van der Waals surface area contributed by atoms with Crippen LogP contribution >= 0.6 is 0 Å². The monoisotopic (exact) mass is 157 g/mol. The van der Waals surface area contributed by atoms with Gasteiger partial charge in [0.05, 0.1) is 0 Å². The summed E-state index contributed by atoms with van der Waals surface area (Å²) in [6.07, 6.45) is 5.27. The zero-order valence-corrected chi connectivity index (χ0v) is 7.44. The third-order valence-corrected chi connectivity index (χ3v) is 2.23. The molecule has 11 heavy (non-hydrogen) atoms. The molecule has 1 aliphatic heterocycles. The zero-order valence-electron chi connectivity index (χ0n) is 7.44. The van der Waals surface area contributed by atoms with Gasteiger partial charge in [-0.25, -0.2) is 0 Å². The highest BCUT2D eigenvalue weighted by Gasteiger charge is 2.10. The Morgan fingerprint density at radius 2 is 2.36 bits per heavy atom. The summed E-state index contributed by atoms with van der Waals surface area (Å²) in [6.45, 7) is 5.03. The third-order valence-electron chi connectivity index (χ3n) is 2.23. The molecular formula is C9H19NO. The molecule has 1 rings (SSSR count). The van der Waals surface area contributed by atoms with Crippen molar-refractivity contribution in [3.63, 3.8) is 0 Å². The lowest BCUT2D eigenvalue weighted by Gasteiger charge is -2.22. The summed E-state index contributed by atoms with van der Waals surface area (Å²) in [5.74, 6) is 0. The molecule has 0 aromatic carbocycles. The van der Waals surface area contributed by atoms with Gasteiger partial charge < -0.3 is 10.1 Å². The Balaban J connectivity index is 1.96. The van der Waals surface area contributed by atoms with Crippen LogP contribution < -0.4 is 5.32 Å². The normalized spacial score (nSPS) is 25.4. The molecule has 1 saturated heterocycles. The molecular weight excluding hydrogens is 138 g/mol. The largest absolute Gasteiger partial charge is 0.382 e. The maximum Gasteiger partial charge on any atom is 0.0480 e. The first-order valence-corrected chi connectivity index (χ1v) is 4.74. The average molecular weight is 157 g/mol. The van der Waals surface area contributed by atoms with Crippen molar-refractivity contribution >= 4 is 0 Å². The predicted octanol–water partition coefficient (Wildman–Crippen LogP) is 1.56. The minimum Gasteiger partial charge on any atom is -0.382 e. The van der Waals surface area contributed by atoms with E-state index in [-0.39, 0.29) is 0 Å². The summed E-state index contributed by atoms with van der Waals surface area (Å²) in [5.41, 5.74) is 0. The first kappa shape index (κ1) is 9.01. The Bertz CT molecular complexity index is 89.6. The Kier molecular flexibility index (Phi) is 4.55. The lowest BCUT2D eigenvalue weighted by atomic mass is 10.0. The molecule has 0 bridgehead atoms. The van der Waals surface area contributed by atoms with E-state index < -0.39 is 0 Å². The van der Waals surface area contributed by atoms with Crippen molar-refractivity contribution in [2.24, 2.45) is 0 Å². The Morgan fingerprint density at radius 3 is 3.00 bits per heavy atom. The van der Waals surface area contributed by atoms with E-state index in [0.29, 0.717) is 0 Å². The minimum atomic E-state index is 0.732. The molecule has 0 radical (unpaired) electrons. The lowest BCUT2D eigenvalue weighted by Crippen LogP contribution is -2.34. The van der Waals surface area contributed by atoms with Crippen LogP contribution in [0.5, 0.6) is 0 Å². The van der Waals surface area contributed by atoms with E-state index in [1.165, 1.54) is 32.2 Å². The quantitative estimate of drug-likeness (QED) is 0.625. The first-order valence-electron chi connectivity index (χ1n) is 4.74. The fourth-order valence-electron chi connectivity index (χ4n) is 1.54. The maximum atomic E-state index is 5.30. The van der Waals surface area contributed by atoms with Gasteiger partial charge in [-0.05, 0) is 32.7 Å².